The quantitative estimate of drug-likeness (QED) is 0.786. The van der Waals surface area contributed by atoms with Crippen molar-refractivity contribution in [2.24, 2.45) is 5.92 Å². The lowest BCUT2D eigenvalue weighted by Gasteiger charge is -2.33. The third-order valence-corrected chi connectivity index (χ3v) is 3.14. The zero-order valence-electron chi connectivity index (χ0n) is 8.87. The maximum atomic E-state index is 5.84. The number of hydrogen-bond donors (Lipinski definition) is 2. The molecule has 2 aromatic heterocycles. The molecule has 16 heavy (non-hydrogen) atoms. The minimum Gasteiger partial charge on any atom is -0.365 e. The number of aromatic amines is 1. The minimum atomic E-state index is 0.231. The van der Waals surface area contributed by atoms with E-state index in [9.17, 15) is 0 Å². The van der Waals surface area contributed by atoms with Gasteiger partial charge in [0, 0.05) is 6.04 Å². The predicted molar refractivity (Wildman–Crippen MR) is 62.5 cm³/mol. The SMILES string of the molecule is CC1CC(Nc2nc(Cl)nc3nc[nH]c23)C1. The van der Waals surface area contributed by atoms with Gasteiger partial charge in [0.05, 0.1) is 6.33 Å². The van der Waals surface area contributed by atoms with Gasteiger partial charge in [0.25, 0.3) is 0 Å². The second-order valence-corrected chi connectivity index (χ2v) is 4.70. The second kappa shape index (κ2) is 3.59. The van der Waals surface area contributed by atoms with Crippen LogP contribution in [0.15, 0.2) is 6.33 Å². The van der Waals surface area contributed by atoms with Crippen LogP contribution in [0.1, 0.15) is 19.8 Å². The van der Waals surface area contributed by atoms with Gasteiger partial charge < -0.3 is 10.3 Å². The molecule has 0 radical (unpaired) electrons. The summed E-state index contributed by atoms with van der Waals surface area (Å²) in [6.45, 7) is 2.25. The molecule has 2 N–H and O–H groups in total. The Kier molecular flexibility index (Phi) is 2.21. The van der Waals surface area contributed by atoms with E-state index in [1.807, 2.05) is 0 Å². The third kappa shape index (κ3) is 1.61. The number of H-pyrrole nitrogens is 1. The van der Waals surface area contributed by atoms with Crippen molar-refractivity contribution in [3.8, 4) is 0 Å². The van der Waals surface area contributed by atoms with E-state index in [0.717, 1.165) is 17.3 Å². The van der Waals surface area contributed by atoms with E-state index in [0.29, 0.717) is 11.7 Å². The largest absolute Gasteiger partial charge is 0.365 e. The van der Waals surface area contributed by atoms with Crippen LogP contribution in [0.25, 0.3) is 11.2 Å². The molecule has 1 fully saturated rings. The Bertz CT molecular complexity index is 517. The molecule has 6 heteroatoms. The summed E-state index contributed by atoms with van der Waals surface area (Å²) in [6, 6.07) is 0.493. The van der Waals surface area contributed by atoms with E-state index in [1.54, 1.807) is 6.33 Å². The zero-order valence-corrected chi connectivity index (χ0v) is 9.62. The van der Waals surface area contributed by atoms with Crippen molar-refractivity contribution < 1.29 is 0 Å². The van der Waals surface area contributed by atoms with E-state index in [1.165, 1.54) is 12.8 Å². The summed E-state index contributed by atoms with van der Waals surface area (Å²) >= 11 is 5.84. The monoisotopic (exact) mass is 237 g/mol. The fraction of sp³-hybridized carbons (Fsp3) is 0.500. The first-order chi connectivity index (χ1) is 7.72. The molecule has 0 unspecified atom stereocenters. The number of halogens is 1. The maximum absolute atomic E-state index is 5.84. The smallest absolute Gasteiger partial charge is 0.226 e. The molecular formula is C10H12ClN5. The lowest BCUT2D eigenvalue weighted by Crippen LogP contribution is -2.34. The first-order valence-corrected chi connectivity index (χ1v) is 5.73. The average Bonchev–Trinajstić information content (AvgIpc) is 2.62. The summed E-state index contributed by atoms with van der Waals surface area (Å²) in [5.74, 6) is 1.55. The molecule has 0 atom stereocenters. The predicted octanol–water partition coefficient (Wildman–Crippen LogP) is 2.22. The van der Waals surface area contributed by atoms with Crippen molar-refractivity contribution >= 4 is 28.6 Å². The van der Waals surface area contributed by atoms with Crippen molar-refractivity contribution in [2.75, 3.05) is 5.32 Å². The summed E-state index contributed by atoms with van der Waals surface area (Å²) in [5.41, 5.74) is 1.43. The van der Waals surface area contributed by atoms with Gasteiger partial charge in [-0.15, -0.1) is 0 Å². The molecule has 2 heterocycles. The highest BCUT2D eigenvalue weighted by Gasteiger charge is 2.26. The van der Waals surface area contributed by atoms with Gasteiger partial charge >= 0.3 is 0 Å². The molecule has 5 nitrogen and oxygen atoms in total. The molecule has 0 aliphatic heterocycles. The number of hydrogen-bond acceptors (Lipinski definition) is 4. The van der Waals surface area contributed by atoms with E-state index < -0.39 is 0 Å². The van der Waals surface area contributed by atoms with E-state index in [2.05, 4.69) is 32.2 Å². The molecule has 0 saturated heterocycles. The fourth-order valence-corrected chi connectivity index (χ4v) is 2.29. The summed E-state index contributed by atoms with van der Waals surface area (Å²) in [6.07, 6.45) is 3.96. The van der Waals surface area contributed by atoms with Gasteiger partial charge in [0.2, 0.25) is 5.28 Å². The van der Waals surface area contributed by atoms with Gasteiger partial charge in [-0.05, 0) is 30.4 Å². The number of fused-ring (bicyclic) bond motifs is 1. The Morgan fingerprint density at radius 3 is 3.00 bits per heavy atom. The molecule has 84 valence electrons. The Labute approximate surface area is 97.7 Å². The first kappa shape index (κ1) is 9.84. The Balaban J connectivity index is 1.92. The fourth-order valence-electron chi connectivity index (χ4n) is 2.12. The molecule has 0 aromatic carbocycles. The molecule has 1 saturated carbocycles. The van der Waals surface area contributed by atoms with Crippen molar-refractivity contribution in [2.45, 2.75) is 25.8 Å². The lowest BCUT2D eigenvalue weighted by atomic mass is 9.82. The average molecular weight is 238 g/mol. The number of rotatable bonds is 2. The van der Waals surface area contributed by atoms with Crippen LogP contribution in [-0.4, -0.2) is 26.0 Å². The van der Waals surface area contributed by atoms with Crippen LogP contribution >= 0.6 is 11.6 Å². The number of aromatic nitrogens is 4. The molecule has 2 aromatic rings. The van der Waals surface area contributed by atoms with Gasteiger partial charge in [0.1, 0.15) is 5.52 Å². The standard InChI is InChI=1S/C10H12ClN5/c1-5-2-6(3-5)14-9-7-8(13-4-12-7)15-10(11)16-9/h4-6H,2-3H2,1H3,(H2,12,13,14,15,16). The highest BCUT2D eigenvalue weighted by Crippen LogP contribution is 2.30. The summed E-state index contributed by atoms with van der Waals surface area (Å²) in [5, 5.41) is 3.60. The highest BCUT2D eigenvalue weighted by molar-refractivity contribution is 6.28. The van der Waals surface area contributed by atoms with Crippen LogP contribution in [0.5, 0.6) is 0 Å². The molecule has 1 aliphatic rings. The van der Waals surface area contributed by atoms with Gasteiger partial charge in [-0.25, -0.2) is 4.98 Å². The third-order valence-electron chi connectivity index (χ3n) is 2.97. The van der Waals surface area contributed by atoms with Crippen LogP contribution in [0, 0.1) is 5.92 Å². The van der Waals surface area contributed by atoms with E-state index in [4.69, 9.17) is 11.6 Å². The molecule has 0 amide bonds. The summed E-state index contributed by atoms with van der Waals surface area (Å²) in [7, 11) is 0. The Hall–Kier alpha value is -1.36. The van der Waals surface area contributed by atoms with Crippen LogP contribution in [0.4, 0.5) is 5.82 Å². The molecule has 1 aliphatic carbocycles. The highest BCUT2D eigenvalue weighted by atomic mass is 35.5. The number of nitrogens with zero attached hydrogens (tertiary/aromatic N) is 3. The van der Waals surface area contributed by atoms with Gasteiger partial charge in [0.15, 0.2) is 11.5 Å². The van der Waals surface area contributed by atoms with Gasteiger partial charge in [-0.3, -0.25) is 0 Å². The van der Waals surface area contributed by atoms with Gasteiger partial charge in [-0.2, -0.15) is 9.97 Å². The summed E-state index contributed by atoms with van der Waals surface area (Å²) < 4.78 is 0. The maximum Gasteiger partial charge on any atom is 0.226 e. The van der Waals surface area contributed by atoms with Crippen LogP contribution in [0.3, 0.4) is 0 Å². The molecule has 0 spiro atoms. The van der Waals surface area contributed by atoms with Crippen LogP contribution < -0.4 is 5.32 Å². The van der Waals surface area contributed by atoms with Gasteiger partial charge in [-0.1, -0.05) is 6.92 Å². The number of imidazole rings is 1. The van der Waals surface area contributed by atoms with Crippen molar-refractivity contribution in [1.29, 1.82) is 0 Å². The van der Waals surface area contributed by atoms with Crippen LogP contribution in [-0.2, 0) is 0 Å². The number of anilines is 1. The first-order valence-electron chi connectivity index (χ1n) is 5.35. The van der Waals surface area contributed by atoms with Crippen LogP contribution in [0.2, 0.25) is 5.28 Å². The number of nitrogens with one attached hydrogen (secondary N) is 2. The van der Waals surface area contributed by atoms with Crippen molar-refractivity contribution in [3.05, 3.63) is 11.6 Å². The van der Waals surface area contributed by atoms with E-state index >= 15 is 0 Å². The Morgan fingerprint density at radius 2 is 2.25 bits per heavy atom. The molecular weight excluding hydrogens is 226 g/mol. The minimum absolute atomic E-state index is 0.231. The molecule has 0 bridgehead atoms. The normalized spacial score (nSPS) is 24.4. The topological polar surface area (TPSA) is 66.5 Å². The molecule has 3 rings (SSSR count). The van der Waals surface area contributed by atoms with Crippen molar-refractivity contribution in [3.63, 3.8) is 0 Å². The zero-order chi connectivity index (χ0) is 11.1. The second-order valence-electron chi connectivity index (χ2n) is 4.36. The lowest BCUT2D eigenvalue weighted by molar-refractivity contribution is 0.309. The van der Waals surface area contributed by atoms with E-state index in [-0.39, 0.29) is 5.28 Å². The van der Waals surface area contributed by atoms with Crippen molar-refractivity contribution in [1.82, 2.24) is 19.9 Å². The Morgan fingerprint density at radius 1 is 1.44 bits per heavy atom. The summed E-state index contributed by atoms with van der Waals surface area (Å²) in [4.78, 5) is 15.3.